The summed E-state index contributed by atoms with van der Waals surface area (Å²) in [4.78, 5) is 59.2. The van der Waals surface area contributed by atoms with Gasteiger partial charge in [0.2, 0.25) is 11.8 Å². The molecule has 4 rings (SSSR count). The van der Waals surface area contributed by atoms with Gasteiger partial charge in [-0.05, 0) is 89.1 Å². The fourth-order valence-corrected chi connectivity index (χ4v) is 4.44. The molecule has 258 valence electrons. The summed E-state index contributed by atoms with van der Waals surface area (Å²) in [6, 6.07) is 21.5. The van der Waals surface area contributed by atoms with Crippen molar-refractivity contribution in [2.45, 2.75) is 79.4 Å². The van der Waals surface area contributed by atoms with Crippen LogP contribution >= 0.6 is 0 Å². The molecule has 0 fully saturated rings. The van der Waals surface area contributed by atoms with Crippen molar-refractivity contribution in [1.29, 1.82) is 0 Å². The second-order valence-electron chi connectivity index (χ2n) is 13.2. The van der Waals surface area contributed by atoms with E-state index in [1.807, 2.05) is 53.8 Å². The number of hydrogen-bond donors (Lipinski definition) is 2. The molecule has 0 aliphatic rings. The molecular weight excluding hydrogens is 630 g/mol. The van der Waals surface area contributed by atoms with E-state index in [-0.39, 0.29) is 31.5 Å². The molecule has 2 aromatic heterocycles. The Hall–Kier alpha value is -5.72. The maximum absolute atomic E-state index is 13.3. The molecule has 4 amide bonds. The van der Waals surface area contributed by atoms with Gasteiger partial charge in [-0.1, -0.05) is 30.3 Å². The Morgan fingerprint density at radius 1 is 0.755 bits per heavy atom. The van der Waals surface area contributed by atoms with E-state index in [9.17, 15) is 19.2 Å². The third-order valence-electron chi connectivity index (χ3n) is 6.32. The van der Waals surface area contributed by atoms with E-state index in [1.165, 1.54) is 17.9 Å². The van der Waals surface area contributed by atoms with Gasteiger partial charge in [-0.25, -0.2) is 29.7 Å². The van der Waals surface area contributed by atoms with Crippen molar-refractivity contribution in [3.8, 4) is 11.6 Å². The molecule has 0 bridgehead atoms. The van der Waals surface area contributed by atoms with Crippen molar-refractivity contribution in [3.05, 3.63) is 89.6 Å². The van der Waals surface area contributed by atoms with Gasteiger partial charge in [0, 0.05) is 24.9 Å². The van der Waals surface area contributed by atoms with E-state index < -0.39 is 29.5 Å². The summed E-state index contributed by atoms with van der Waals surface area (Å²) in [5.74, 6) is 0.787. The van der Waals surface area contributed by atoms with E-state index >= 15 is 0 Å². The first kappa shape index (κ1) is 36.1. The van der Waals surface area contributed by atoms with Crippen LogP contribution in [0.15, 0.2) is 72.8 Å². The lowest BCUT2D eigenvalue weighted by atomic mass is 10.1. The maximum Gasteiger partial charge on any atom is 0.423 e. The third-order valence-corrected chi connectivity index (χ3v) is 6.32. The van der Waals surface area contributed by atoms with Gasteiger partial charge < -0.3 is 24.3 Å². The maximum atomic E-state index is 13.3. The Labute approximate surface area is 284 Å². The quantitative estimate of drug-likeness (QED) is 0.188. The average molecular weight is 672 g/mol. The van der Waals surface area contributed by atoms with Gasteiger partial charge in [-0.15, -0.1) is 0 Å². The standard InChI is InChI=1S/C36H41N5O8/c1-23(42)37-30-17-16-26-15-14-25(19-29(26)39-30)22-46-28-12-8-10-24(18-28)20-41(34(45)49-36(5,6)7)21-27-11-9-13-31(38-27)47-32(43)40-33(44)48-35(2,3)4/h8-19H,20-22H2,1-7H3,(H,37,39,42)(H,40,43,44). The molecule has 0 saturated heterocycles. The summed E-state index contributed by atoms with van der Waals surface area (Å²) in [6.45, 7) is 12.2. The van der Waals surface area contributed by atoms with Crippen molar-refractivity contribution in [2.24, 2.45) is 0 Å². The van der Waals surface area contributed by atoms with Gasteiger partial charge in [0.1, 0.15) is 29.4 Å². The first-order chi connectivity index (χ1) is 23.0. The number of aromatic nitrogens is 2. The number of fused-ring (bicyclic) bond motifs is 1. The molecule has 4 aromatic rings. The van der Waals surface area contributed by atoms with Crippen molar-refractivity contribution in [2.75, 3.05) is 5.32 Å². The molecule has 2 N–H and O–H groups in total. The van der Waals surface area contributed by atoms with Crippen LogP contribution < -0.4 is 20.1 Å². The molecule has 0 unspecified atom stereocenters. The Morgan fingerprint density at radius 3 is 2.18 bits per heavy atom. The van der Waals surface area contributed by atoms with Gasteiger partial charge in [-0.3, -0.25) is 9.69 Å². The largest absolute Gasteiger partial charge is 0.489 e. The number of benzene rings is 2. The monoisotopic (exact) mass is 671 g/mol. The van der Waals surface area contributed by atoms with Crippen LogP contribution in [0, 0.1) is 0 Å². The summed E-state index contributed by atoms with van der Waals surface area (Å²) in [6.07, 6.45) is -2.59. The van der Waals surface area contributed by atoms with E-state index in [0.717, 1.165) is 22.0 Å². The number of pyridine rings is 2. The zero-order valence-corrected chi connectivity index (χ0v) is 28.7. The summed E-state index contributed by atoms with van der Waals surface area (Å²) in [7, 11) is 0. The van der Waals surface area contributed by atoms with Crippen LogP contribution in [0.3, 0.4) is 0 Å². The molecule has 0 saturated carbocycles. The lowest BCUT2D eigenvalue weighted by Crippen LogP contribution is -2.38. The van der Waals surface area contributed by atoms with Crippen LogP contribution in [0.2, 0.25) is 0 Å². The second kappa shape index (κ2) is 15.5. The number of ether oxygens (including phenoxy) is 4. The van der Waals surface area contributed by atoms with Gasteiger partial charge >= 0.3 is 18.3 Å². The summed E-state index contributed by atoms with van der Waals surface area (Å²) in [5.41, 5.74) is 1.24. The molecule has 0 radical (unpaired) electrons. The molecule has 0 spiro atoms. The van der Waals surface area contributed by atoms with Crippen LogP contribution in [-0.2, 0) is 34.0 Å². The first-order valence-electron chi connectivity index (χ1n) is 15.6. The lowest BCUT2D eigenvalue weighted by molar-refractivity contribution is -0.114. The number of hydrogen-bond acceptors (Lipinski definition) is 10. The zero-order valence-electron chi connectivity index (χ0n) is 28.7. The summed E-state index contributed by atoms with van der Waals surface area (Å²) < 4.78 is 22.0. The van der Waals surface area contributed by atoms with Crippen LogP contribution in [0.25, 0.3) is 10.9 Å². The fourth-order valence-electron chi connectivity index (χ4n) is 4.44. The predicted molar refractivity (Wildman–Crippen MR) is 182 cm³/mol. The molecule has 13 nitrogen and oxygen atoms in total. The van der Waals surface area contributed by atoms with Crippen molar-refractivity contribution < 1.29 is 38.1 Å². The Kier molecular flexibility index (Phi) is 11.4. The molecule has 2 aromatic carbocycles. The van der Waals surface area contributed by atoms with Crippen molar-refractivity contribution >= 4 is 40.9 Å². The first-order valence-corrected chi connectivity index (χ1v) is 15.6. The highest BCUT2D eigenvalue weighted by molar-refractivity contribution is 5.90. The number of carbonyl (C=O) groups is 4. The topological polar surface area (TPSA) is 158 Å². The Morgan fingerprint density at radius 2 is 1.47 bits per heavy atom. The van der Waals surface area contributed by atoms with Crippen molar-refractivity contribution in [1.82, 2.24) is 20.2 Å². The van der Waals surface area contributed by atoms with E-state index in [2.05, 4.69) is 15.3 Å². The number of imide groups is 1. The number of amides is 4. The summed E-state index contributed by atoms with van der Waals surface area (Å²) >= 11 is 0. The summed E-state index contributed by atoms with van der Waals surface area (Å²) in [5, 5.41) is 5.61. The van der Waals surface area contributed by atoms with Crippen molar-refractivity contribution in [3.63, 3.8) is 0 Å². The minimum absolute atomic E-state index is 0.0233. The van der Waals surface area contributed by atoms with E-state index in [0.29, 0.717) is 17.3 Å². The molecule has 0 aliphatic carbocycles. The number of rotatable bonds is 9. The fraction of sp³-hybridized carbons (Fsp3) is 0.333. The lowest BCUT2D eigenvalue weighted by Gasteiger charge is -2.27. The highest BCUT2D eigenvalue weighted by Crippen LogP contribution is 2.22. The van der Waals surface area contributed by atoms with Crippen LogP contribution in [0.1, 0.15) is 65.3 Å². The third kappa shape index (κ3) is 12.1. The van der Waals surface area contributed by atoms with E-state index in [4.69, 9.17) is 18.9 Å². The van der Waals surface area contributed by atoms with Crippen LogP contribution in [0.5, 0.6) is 11.6 Å². The smallest absolute Gasteiger partial charge is 0.423 e. The normalized spacial score (nSPS) is 11.3. The second-order valence-corrected chi connectivity index (χ2v) is 13.2. The minimum atomic E-state index is -1.06. The average Bonchev–Trinajstić information content (AvgIpc) is 2.97. The molecule has 0 aliphatic heterocycles. The van der Waals surface area contributed by atoms with Gasteiger partial charge in [0.25, 0.3) is 0 Å². The molecular formula is C36H41N5O8. The SMILES string of the molecule is CC(=O)Nc1ccc2ccc(COc3cccc(CN(Cc4cccc(OC(=O)NC(=O)OC(C)(C)C)n4)C(=O)OC(C)(C)C)c3)cc2n1. The number of alkyl carbamates (subject to hydrolysis) is 1. The number of nitrogens with zero attached hydrogens (tertiary/aromatic N) is 3. The van der Waals surface area contributed by atoms with Crippen LogP contribution in [0.4, 0.5) is 20.2 Å². The predicted octanol–water partition coefficient (Wildman–Crippen LogP) is 7.13. The molecule has 13 heteroatoms. The molecule has 2 heterocycles. The molecule has 0 atom stereocenters. The number of nitrogens with one attached hydrogen (secondary N) is 2. The minimum Gasteiger partial charge on any atom is -0.489 e. The zero-order chi connectivity index (χ0) is 35.8. The Balaban J connectivity index is 1.45. The highest BCUT2D eigenvalue weighted by Gasteiger charge is 2.24. The molecule has 49 heavy (non-hydrogen) atoms. The van der Waals surface area contributed by atoms with E-state index in [1.54, 1.807) is 59.7 Å². The number of carbonyl (C=O) groups excluding carboxylic acids is 4. The van der Waals surface area contributed by atoms with Gasteiger partial charge in [0.05, 0.1) is 17.8 Å². The number of anilines is 1. The van der Waals surface area contributed by atoms with Crippen LogP contribution in [-0.4, -0.2) is 50.3 Å². The van der Waals surface area contributed by atoms with Gasteiger partial charge in [-0.2, -0.15) is 0 Å². The van der Waals surface area contributed by atoms with Gasteiger partial charge in [0.15, 0.2) is 0 Å². The highest BCUT2D eigenvalue weighted by atomic mass is 16.6. The Bertz CT molecular complexity index is 1830.